The minimum atomic E-state index is -3.68. The molecule has 10 heteroatoms. The van der Waals surface area contributed by atoms with Gasteiger partial charge in [-0.3, -0.25) is 18.8 Å². The maximum atomic E-state index is 11.9. The Morgan fingerprint density at radius 1 is 0.826 bits per heavy atom. The van der Waals surface area contributed by atoms with Gasteiger partial charge in [0.2, 0.25) is 0 Å². The van der Waals surface area contributed by atoms with Crippen LogP contribution < -0.4 is 4.18 Å². The first-order valence-electron chi connectivity index (χ1n) is 5.29. The van der Waals surface area contributed by atoms with E-state index < -0.39 is 10.1 Å². The highest BCUT2D eigenvalue weighted by atomic mass is 35.5. The molecular formula is C13H16ClF4O3S2. The van der Waals surface area contributed by atoms with Gasteiger partial charge in [-0.25, -0.2) is 0 Å². The average molecular weight is 396 g/mol. The van der Waals surface area contributed by atoms with Gasteiger partial charge >= 0.3 is 10.1 Å². The molecule has 0 fully saturated rings. The van der Waals surface area contributed by atoms with Crippen molar-refractivity contribution in [3.05, 3.63) is 60.2 Å². The van der Waals surface area contributed by atoms with Crippen LogP contribution in [0.25, 0.3) is 0 Å². The fraction of sp³-hybridized carbons (Fsp3) is 0.0769. The van der Waals surface area contributed by atoms with Crippen molar-refractivity contribution in [2.45, 2.75) is 10.6 Å². The van der Waals surface area contributed by atoms with Crippen LogP contribution in [0.15, 0.2) is 59.5 Å². The quantitative estimate of drug-likeness (QED) is 0.576. The molecule has 133 valence electrons. The van der Waals surface area contributed by atoms with E-state index in [1.807, 2.05) is 6.07 Å². The summed E-state index contributed by atoms with van der Waals surface area (Å²) in [6, 6.07) is 15.5. The number of rotatable bonds is 4. The summed E-state index contributed by atoms with van der Waals surface area (Å²) in [6.45, 7) is 0. The average Bonchev–Trinajstić information content (AvgIpc) is 2.32. The fourth-order valence-corrected chi connectivity index (χ4v) is 2.78. The lowest BCUT2D eigenvalue weighted by Gasteiger charge is -2.08. The molecule has 0 aromatic heterocycles. The number of benzene rings is 2. The highest BCUT2D eigenvalue weighted by molar-refractivity contribution is 7.86. The number of hydrogen-bond acceptors (Lipinski definition) is 3. The predicted molar refractivity (Wildman–Crippen MR) is 89.3 cm³/mol. The lowest BCUT2D eigenvalue weighted by molar-refractivity contribution is 0.479. The van der Waals surface area contributed by atoms with Gasteiger partial charge in [0.1, 0.15) is 5.75 Å². The van der Waals surface area contributed by atoms with Gasteiger partial charge in [-0.15, -0.1) is 12.4 Å². The van der Waals surface area contributed by atoms with E-state index in [9.17, 15) is 8.42 Å². The van der Waals surface area contributed by atoms with E-state index in [1.54, 1.807) is 48.5 Å². The van der Waals surface area contributed by atoms with Crippen LogP contribution in [0.4, 0.5) is 18.8 Å². The van der Waals surface area contributed by atoms with Gasteiger partial charge in [-0.05, 0) is 17.7 Å². The topological polar surface area (TPSA) is 43.4 Å². The van der Waals surface area contributed by atoms with Crippen molar-refractivity contribution in [1.82, 2.24) is 0 Å². The normalized spacial score (nSPS) is 8.70. The zero-order chi connectivity index (χ0) is 13.0. The highest BCUT2D eigenvalue weighted by Gasteiger charge is 2.15. The molecule has 2 aromatic carbocycles. The molecule has 0 N–H and O–H groups in total. The highest BCUT2D eigenvalue weighted by Crippen LogP contribution is 2.23. The van der Waals surface area contributed by atoms with Crippen LogP contribution >= 0.6 is 25.0 Å². The zero-order valence-corrected chi connectivity index (χ0v) is 13.9. The van der Waals surface area contributed by atoms with Crippen LogP contribution in [0, 0.1) is 0 Å². The van der Waals surface area contributed by atoms with Crippen LogP contribution in [0.1, 0.15) is 5.56 Å². The number of hydrogen-bond donors (Lipinski definition) is 0. The monoisotopic (exact) mass is 395 g/mol. The van der Waals surface area contributed by atoms with Crippen molar-refractivity contribution in [1.29, 1.82) is 0 Å². The Hall–Kier alpha value is -1.58. The third-order valence-corrected chi connectivity index (χ3v) is 3.71. The van der Waals surface area contributed by atoms with Crippen LogP contribution in [0.3, 0.4) is 0 Å². The van der Waals surface area contributed by atoms with Gasteiger partial charge in [0.15, 0.2) is 5.75 Å². The molecule has 0 heterocycles. The van der Waals surface area contributed by atoms with Crippen LogP contribution in [-0.2, 0) is 15.9 Å². The number of halogens is 5. The van der Waals surface area contributed by atoms with Gasteiger partial charge in [-0.2, -0.15) is 8.42 Å². The molecule has 0 aliphatic carbocycles. The van der Waals surface area contributed by atoms with Crippen LogP contribution in [0.2, 0.25) is 0 Å². The lowest BCUT2D eigenvalue weighted by Crippen LogP contribution is -2.12. The molecule has 0 atom stereocenters. The Kier molecular flexibility index (Phi) is 16.5. The summed E-state index contributed by atoms with van der Waals surface area (Å²) in [6.07, 6.45) is 0. The van der Waals surface area contributed by atoms with E-state index in [2.05, 4.69) is 0 Å². The summed E-state index contributed by atoms with van der Waals surface area (Å²) in [5, 5.41) is 0. The van der Waals surface area contributed by atoms with E-state index in [1.165, 1.54) is 0 Å². The molecule has 3 nitrogen and oxygen atoms in total. The van der Waals surface area contributed by atoms with E-state index >= 15 is 0 Å². The third-order valence-electron chi connectivity index (χ3n) is 2.25. The second-order valence-corrected chi connectivity index (χ2v) is 5.73. The molecule has 0 aliphatic rings. The maximum absolute atomic E-state index is 11.9. The second kappa shape index (κ2) is 12.9. The van der Waals surface area contributed by atoms with Gasteiger partial charge in [-0.1, -0.05) is 55.1 Å². The summed E-state index contributed by atoms with van der Waals surface area (Å²) in [7, 11) is -3.68. The molecule has 23 heavy (non-hydrogen) atoms. The van der Waals surface area contributed by atoms with Crippen molar-refractivity contribution in [2.75, 3.05) is 0 Å². The molecule has 0 spiro atoms. The van der Waals surface area contributed by atoms with Gasteiger partial charge < -0.3 is 4.18 Å². The Bertz CT molecular complexity index is 643. The molecular weight excluding hydrogens is 380 g/mol. The van der Waals surface area contributed by atoms with Crippen molar-refractivity contribution in [3.8, 4) is 5.75 Å². The van der Waals surface area contributed by atoms with E-state index in [0.717, 1.165) is 0 Å². The molecule has 0 unspecified atom stereocenters. The van der Waals surface area contributed by atoms with Crippen molar-refractivity contribution < 1.29 is 31.4 Å². The van der Waals surface area contributed by atoms with Gasteiger partial charge in [0, 0.05) is 0 Å². The van der Waals surface area contributed by atoms with Gasteiger partial charge in [0.25, 0.3) is 0 Å². The zero-order valence-electron chi connectivity index (χ0n) is 11.5. The Morgan fingerprint density at radius 3 is 1.83 bits per heavy atom. The Labute approximate surface area is 143 Å². The largest absolute Gasteiger partial charge is 0.381 e. The first-order chi connectivity index (χ1) is 8.57. The summed E-state index contributed by atoms with van der Waals surface area (Å²) in [4.78, 5) is 0.383. The third kappa shape index (κ3) is 9.22. The standard InChI is InChI=1S/C13H11O3S2.ClH.4FH/c14-18(15,10-11-6-2-1-3-7-11)16-12-8-4-5-9-13(12)17;;;;;/h1-9H,10H2;5*1H. The van der Waals surface area contributed by atoms with E-state index in [0.29, 0.717) is 10.5 Å². The number of para-hydroxylation sites is 1. The lowest BCUT2D eigenvalue weighted by atomic mass is 10.2. The fourth-order valence-electron chi connectivity index (χ4n) is 1.46. The van der Waals surface area contributed by atoms with E-state index in [4.69, 9.17) is 16.8 Å². The SMILES string of the molecule is Cl.F.F.F.F.O=S(=O)(Cc1ccccc1)Oc1ccccc1[S]. The van der Waals surface area contributed by atoms with E-state index in [-0.39, 0.29) is 42.7 Å². The maximum Gasteiger partial charge on any atom is 0.313 e. The van der Waals surface area contributed by atoms with Gasteiger partial charge in [0.05, 0.1) is 4.90 Å². The molecule has 0 saturated carbocycles. The van der Waals surface area contributed by atoms with Crippen LogP contribution in [0.5, 0.6) is 5.75 Å². The van der Waals surface area contributed by atoms with Crippen molar-refractivity contribution >= 4 is 35.2 Å². The predicted octanol–water partition coefficient (Wildman–Crippen LogP) is 4.18. The minimum Gasteiger partial charge on any atom is -0.381 e. The summed E-state index contributed by atoms with van der Waals surface area (Å²) >= 11 is 5.00. The van der Waals surface area contributed by atoms with Crippen molar-refractivity contribution in [3.63, 3.8) is 0 Å². The first kappa shape index (κ1) is 29.4. The molecule has 0 saturated heterocycles. The van der Waals surface area contributed by atoms with Crippen LogP contribution in [-0.4, -0.2) is 8.42 Å². The smallest absolute Gasteiger partial charge is 0.313 e. The molecule has 2 rings (SSSR count). The molecule has 0 amide bonds. The minimum absolute atomic E-state index is 0. The first-order valence-corrected chi connectivity index (χ1v) is 7.27. The molecule has 2 aromatic rings. The summed E-state index contributed by atoms with van der Waals surface area (Å²) in [5.74, 6) is 0.0285. The molecule has 1 radical (unpaired) electrons. The summed E-state index contributed by atoms with van der Waals surface area (Å²) in [5.41, 5.74) is 0.680. The Morgan fingerprint density at radius 2 is 1.30 bits per heavy atom. The van der Waals surface area contributed by atoms with Crippen molar-refractivity contribution in [2.24, 2.45) is 0 Å². The molecule has 0 aliphatic heterocycles. The summed E-state index contributed by atoms with van der Waals surface area (Å²) < 4.78 is 28.7. The molecule has 0 bridgehead atoms. The second-order valence-electron chi connectivity index (χ2n) is 3.72. The Balaban J connectivity index is -0.000000361.